The Morgan fingerprint density at radius 3 is 2.30 bits per heavy atom. The molecule has 0 aliphatic carbocycles. The van der Waals surface area contributed by atoms with Gasteiger partial charge in [-0.15, -0.1) is 0 Å². The monoisotopic (exact) mass is 370 g/mol. The molecule has 2 aromatic carbocycles. The predicted molar refractivity (Wildman–Crippen MR) is 98.4 cm³/mol. The molecule has 4 rings (SSSR count). The van der Waals surface area contributed by atoms with E-state index in [1.807, 2.05) is 42.0 Å². The van der Waals surface area contributed by atoms with Crippen LogP contribution in [0.15, 0.2) is 54.6 Å². The molecule has 3 nitrogen and oxygen atoms in total. The van der Waals surface area contributed by atoms with E-state index in [0.717, 1.165) is 34.2 Å². The second-order valence-corrected chi connectivity index (χ2v) is 6.68. The van der Waals surface area contributed by atoms with E-state index in [1.54, 1.807) is 11.9 Å². The van der Waals surface area contributed by atoms with Gasteiger partial charge in [0.05, 0.1) is 5.56 Å². The van der Waals surface area contributed by atoms with Crippen molar-refractivity contribution in [3.8, 4) is 0 Å². The van der Waals surface area contributed by atoms with Gasteiger partial charge >= 0.3 is 6.18 Å². The van der Waals surface area contributed by atoms with Gasteiger partial charge < -0.3 is 9.47 Å². The van der Waals surface area contributed by atoms with Gasteiger partial charge in [0.25, 0.3) is 5.91 Å². The van der Waals surface area contributed by atoms with Crippen molar-refractivity contribution in [1.29, 1.82) is 0 Å². The average molecular weight is 370 g/mol. The zero-order chi connectivity index (χ0) is 19.3. The second-order valence-electron chi connectivity index (χ2n) is 6.68. The highest BCUT2D eigenvalue weighted by Crippen LogP contribution is 2.38. The topological polar surface area (TPSA) is 25.2 Å². The summed E-state index contributed by atoms with van der Waals surface area (Å²) >= 11 is 0. The maximum atomic E-state index is 12.9. The summed E-state index contributed by atoms with van der Waals surface area (Å²) in [5.74, 6) is -0.109. The molecule has 0 radical (unpaired) electrons. The number of halogens is 3. The number of rotatable bonds is 1. The lowest BCUT2D eigenvalue weighted by atomic mass is 9.94. The van der Waals surface area contributed by atoms with E-state index in [0.29, 0.717) is 17.8 Å². The van der Waals surface area contributed by atoms with E-state index in [2.05, 4.69) is 0 Å². The van der Waals surface area contributed by atoms with Gasteiger partial charge in [-0.25, -0.2) is 0 Å². The summed E-state index contributed by atoms with van der Waals surface area (Å²) in [5, 5.41) is 0.907. The van der Waals surface area contributed by atoms with Gasteiger partial charge in [-0.3, -0.25) is 4.79 Å². The Bertz CT molecular complexity index is 1080. The van der Waals surface area contributed by atoms with Crippen LogP contribution >= 0.6 is 0 Å². The Labute approximate surface area is 154 Å². The van der Waals surface area contributed by atoms with E-state index in [-0.39, 0.29) is 5.91 Å². The second kappa shape index (κ2) is 6.01. The number of nitrogens with zero attached hydrogens (tertiary/aromatic N) is 2. The number of hydrogen-bond donors (Lipinski definition) is 0. The van der Waals surface area contributed by atoms with Crippen molar-refractivity contribution >= 4 is 22.4 Å². The molecule has 27 heavy (non-hydrogen) atoms. The first-order valence-corrected chi connectivity index (χ1v) is 8.50. The number of benzene rings is 2. The van der Waals surface area contributed by atoms with Crippen molar-refractivity contribution in [3.63, 3.8) is 0 Å². The van der Waals surface area contributed by atoms with Crippen molar-refractivity contribution in [3.05, 3.63) is 77.0 Å². The molecular weight excluding hydrogens is 353 g/mol. The highest BCUT2D eigenvalue weighted by Gasteiger charge is 2.31. The summed E-state index contributed by atoms with van der Waals surface area (Å²) in [7, 11) is 3.55. The fraction of sp³-hybridized carbons (Fsp3) is 0.190. The largest absolute Gasteiger partial charge is 0.416 e. The minimum absolute atomic E-state index is 0.109. The summed E-state index contributed by atoms with van der Waals surface area (Å²) in [5.41, 5.74) is 2.96. The number of para-hydroxylation sites is 1. The lowest BCUT2D eigenvalue weighted by molar-refractivity contribution is -0.137. The molecule has 0 saturated heterocycles. The standard InChI is InChI=1S/C21H17F3N2O/c1-25-12-11-15(13-7-9-14(10-8-13)21(22,23)24)18-16-5-3-4-6-17(16)26(2)19(18)20(25)27/h3-11H,12H2,1-2H3. The fourth-order valence-electron chi connectivity index (χ4n) is 3.61. The van der Waals surface area contributed by atoms with Crippen LogP contribution in [-0.2, 0) is 13.2 Å². The van der Waals surface area contributed by atoms with Crippen LogP contribution in [0.4, 0.5) is 13.2 Å². The zero-order valence-corrected chi connectivity index (χ0v) is 14.8. The van der Waals surface area contributed by atoms with Crippen LogP contribution in [0.1, 0.15) is 27.2 Å². The van der Waals surface area contributed by atoms with Crippen LogP contribution in [-0.4, -0.2) is 29.0 Å². The van der Waals surface area contributed by atoms with Gasteiger partial charge in [-0.05, 0) is 29.3 Å². The van der Waals surface area contributed by atoms with Gasteiger partial charge in [-0.2, -0.15) is 13.2 Å². The highest BCUT2D eigenvalue weighted by atomic mass is 19.4. The van der Waals surface area contributed by atoms with Crippen molar-refractivity contribution in [1.82, 2.24) is 9.47 Å². The van der Waals surface area contributed by atoms with Crippen LogP contribution in [0, 0.1) is 0 Å². The molecular formula is C21H17F3N2O. The van der Waals surface area contributed by atoms with Crippen LogP contribution in [0.2, 0.25) is 0 Å². The Morgan fingerprint density at radius 1 is 0.963 bits per heavy atom. The Morgan fingerprint density at radius 2 is 1.63 bits per heavy atom. The summed E-state index contributed by atoms with van der Waals surface area (Å²) in [6, 6.07) is 12.8. The molecule has 0 bridgehead atoms. The first kappa shape index (κ1) is 17.4. The summed E-state index contributed by atoms with van der Waals surface area (Å²) in [6.45, 7) is 0.387. The number of fused-ring (bicyclic) bond motifs is 3. The van der Waals surface area contributed by atoms with Crippen LogP contribution in [0.5, 0.6) is 0 Å². The fourth-order valence-corrected chi connectivity index (χ4v) is 3.61. The number of alkyl halides is 3. The average Bonchev–Trinajstić information content (AvgIpc) is 2.86. The van der Waals surface area contributed by atoms with E-state index >= 15 is 0 Å². The Hall–Kier alpha value is -3.02. The van der Waals surface area contributed by atoms with Crippen LogP contribution in [0.3, 0.4) is 0 Å². The lowest BCUT2D eigenvalue weighted by Crippen LogP contribution is -2.27. The number of amides is 1. The first-order valence-electron chi connectivity index (χ1n) is 8.50. The van der Waals surface area contributed by atoms with E-state index in [1.165, 1.54) is 12.1 Å². The van der Waals surface area contributed by atoms with Crippen molar-refractivity contribution in [2.24, 2.45) is 7.05 Å². The van der Waals surface area contributed by atoms with Crippen LogP contribution < -0.4 is 0 Å². The molecule has 6 heteroatoms. The first-order chi connectivity index (χ1) is 12.8. The maximum absolute atomic E-state index is 12.9. The third-order valence-electron chi connectivity index (χ3n) is 5.02. The minimum Gasteiger partial charge on any atom is -0.339 e. The number of carbonyl (C=O) groups is 1. The number of hydrogen-bond acceptors (Lipinski definition) is 1. The number of likely N-dealkylation sites (N-methyl/N-ethyl adjacent to an activating group) is 1. The predicted octanol–water partition coefficient (Wildman–Crippen LogP) is 4.71. The molecule has 0 N–H and O–H groups in total. The van der Waals surface area contributed by atoms with E-state index in [9.17, 15) is 18.0 Å². The van der Waals surface area contributed by atoms with Gasteiger partial charge in [0.15, 0.2) is 0 Å². The molecule has 0 fully saturated rings. The molecule has 0 atom stereocenters. The summed E-state index contributed by atoms with van der Waals surface area (Å²) < 4.78 is 40.6. The summed E-state index contributed by atoms with van der Waals surface area (Å²) in [4.78, 5) is 14.5. The molecule has 3 aromatic rings. The van der Waals surface area contributed by atoms with Gasteiger partial charge in [0.2, 0.25) is 0 Å². The maximum Gasteiger partial charge on any atom is 0.416 e. The minimum atomic E-state index is -4.38. The van der Waals surface area contributed by atoms with Gasteiger partial charge in [0, 0.05) is 37.1 Å². The van der Waals surface area contributed by atoms with Crippen molar-refractivity contribution < 1.29 is 18.0 Å². The van der Waals surface area contributed by atoms with Crippen LogP contribution in [0.25, 0.3) is 16.5 Å². The van der Waals surface area contributed by atoms with Crippen molar-refractivity contribution in [2.45, 2.75) is 6.18 Å². The highest BCUT2D eigenvalue weighted by molar-refractivity contribution is 6.10. The Balaban J connectivity index is 1.96. The van der Waals surface area contributed by atoms with Gasteiger partial charge in [-0.1, -0.05) is 36.4 Å². The zero-order valence-electron chi connectivity index (χ0n) is 14.8. The normalized spacial score (nSPS) is 14.9. The lowest BCUT2D eigenvalue weighted by Gasteiger charge is -2.14. The molecule has 2 heterocycles. The summed E-state index contributed by atoms with van der Waals surface area (Å²) in [6.07, 6.45) is -2.48. The Kier molecular flexibility index (Phi) is 3.87. The molecule has 138 valence electrons. The van der Waals surface area contributed by atoms with Gasteiger partial charge in [0.1, 0.15) is 5.69 Å². The third-order valence-corrected chi connectivity index (χ3v) is 5.02. The molecule has 0 saturated carbocycles. The number of carbonyl (C=O) groups excluding carboxylic acids is 1. The molecule has 0 spiro atoms. The third kappa shape index (κ3) is 2.72. The quantitative estimate of drug-likeness (QED) is 0.609. The smallest absolute Gasteiger partial charge is 0.339 e. The molecule has 1 amide bonds. The molecule has 1 aromatic heterocycles. The van der Waals surface area contributed by atoms with E-state index < -0.39 is 11.7 Å². The molecule has 0 unspecified atom stereocenters. The number of aromatic nitrogens is 1. The molecule has 1 aliphatic rings. The SMILES string of the molecule is CN1CC=C(c2ccc(C(F)(F)F)cc2)c2c(n(C)c3ccccc23)C1=O. The van der Waals surface area contributed by atoms with E-state index in [4.69, 9.17) is 0 Å². The molecule has 1 aliphatic heterocycles. The number of aryl methyl sites for hydroxylation is 1. The van der Waals surface area contributed by atoms with Crippen molar-refractivity contribution in [2.75, 3.05) is 13.6 Å².